The second-order valence-electron chi connectivity index (χ2n) is 7.61. The summed E-state index contributed by atoms with van der Waals surface area (Å²) in [6.45, 7) is 1.96. The third-order valence-corrected chi connectivity index (χ3v) is 6.22. The highest BCUT2D eigenvalue weighted by molar-refractivity contribution is 6.30. The maximum absolute atomic E-state index is 12.8. The van der Waals surface area contributed by atoms with Crippen LogP contribution in [0.5, 0.6) is 0 Å². The lowest BCUT2D eigenvalue weighted by molar-refractivity contribution is 0.0725. The normalized spacial score (nSPS) is 29.8. The molecule has 2 aliphatic rings. The number of benzene rings is 1. The summed E-state index contributed by atoms with van der Waals surface area (Å²) < 4.78 is 0. The standard InChI is InChI=1S/C19H27ClN2O/c1-12-7-15(20)5-6-18(12)19(23)22(4)17-10-13-8-16(21(2)3)9-14(13)11-17/h5-7,13-14,16-17H,8-11H2,1-4H3/t13-,14+,16?,17?. The largest absolute Gasteiger partial charge is 0.339 e. The van der Waals surface area contributed by atoms with Crippen molar-refractivity contribution in [3.05, 3.63) is 34.3 Å². The van der Waals surface area contributed by atoms with Gasteiger partial charge >= 0.3 is 0 Å². The molecule has 0 saturated heterocycles. The van der Waals surface area contributed by atoms with Gasteiger partial charge in [0.1, 0.15) is 0 Å². The van der Waals surface area contributed by atoms with Gasteiger partial charge in [0.25, 0.3) is 5.91 Å². The highest BCUT2D eigenvalue weighted by atomic mass is 35.5. The molecule has 4 heteroatoms. The minimum absolute atomic E-state index is 0.133. The zero-order valence-corrected chi connectivity index (χ0v) is 15.3. The summed E-state index contributed by atoms with van der Waals surface area (Å²) in [7, 11) is 6.33. The van der Waals surface area contributed by atoms with Crippen LogP contribution in [-0.2, 0) is 0 Å². The molecule has 3 nitrogen and oxygen atoms in total. The minimum Gasteiger partial charge on any atom is -0.339 e. The highest BCUT2D eigenvalue weighted by Crippen LogP contribution is 2.46. The molecule has 1 aromatic rings. The van der Waals surface area contributed by atoms with Crippen LogP contribution in [0.3, 0.4) is 0 Å². The quantitative estimate of drug-likeness (QED) is 0.838. The Bertz CT molecular complexity index is 587. The highest BCUT2D eigenvalue weighted by Gasteiger charge is 2.44. The molecule has 0 aliphatic heterocycles. The van der Waals surface area contributed by atoms with Crippen molar-refractivity contribution in [3.8, 4) is 0 Å². The zero-order chi connectivity index (χ0) is 16.7. The molecule has 0 N–H and O–H groups in total. The van der Waals surface area contributed by atoms with E-state index in [4.69, 9.17) is 11.6 Å². The fraction of sp³-hybridized carbons (Fsp3) is 0.632. The number of nitrogens with zero attached hydrogens (tertiary/aromatic N) is 2. The van der Waals surface area contributed by atoms with Crippen LogP contribution in [0.2, 0.25) is 5.02 Å². The van der Waals surface area contributed by atoms with Crippen molar-refractivity contribution in [1.29, 1.82) is 0 Å². The molecule has 126 valence electrons. The number of rotatable bonds is 3. The summed E-state index contributed by atoms with van der Waals surface area (Å²) in [6.07, 6.45) is 4.89. The van der Waals surface area contributed by atoms with Crippen LogP contribution >= 0.6 is 11.6 Å². The predicted molar refractivity (Wildman–Crippen MR) is 95.0 cm³/mol. The first kappa shape index (κ1) is 16.8. The summed E-state index contributed by atoms with van der Waals surface area (Å²) in [6, 6.07) is 6.64. The van der Waals surface area contributed by atoms with E-state index in [1.165, 1.54) is 12.8 Å². The van der Waals surface area contributed by atoms with E-state index in [9.17, 15) is 4.79 Å². The molecule has 2 aliphatic carbocycles. The molecule has 0 spiro atoms. The molecule has 2 saturated carbocycles. The van der Waals surface area contributed by atoms with Crippen LogP contribution in [0.25, 0.3) is 0 Å². The zero-order valence-electron chi connectivity index (χ0n) is 14.6. The molecule has 2 fully saturated rings. The van der Waals surface area contributed by atoms with Gasteiger partial charge in [-0.3, -0.25) is 4.79 Å². The maximum atomic E-state index is 12.8. The smallest absolute Gasteiger partial charge is 0.254 e. The molecule has 0 bridgehead atoms. The molecule has 0 radical (unpaired) electrons. The molecule has 3 rings (SSSR count). The van der Waals surface area contributed by atoms with Crippen molar-refractivity contribution >= 4 is 17.5 Å². The van der Waals surface area contributed by atoms with Gasteiger partial charge < -0.3 is 9.80 Å². The van der Waals surface area contributed by atoms with Crippen LogP contribution in [0.4, 0.5) is 0 Å². The van der Waals surface area contributed by atoms with Crippen LogP contribution < -0.4 is 0 Å². The third kappa shape index (κ3) is 3.27. The lowest BCUT2D eigenvalue weighted by atomic mass is 10.0. The second-order valence-corrected chi connectivity index (χ2v) is 8.05. The van der Waals surface area contributed by atoms with Gasteiger partial charge in [0.2, 0.25) is 0 Å². The van der Waals surface area contributed by atoms with E-state index in [1.807, 2.05) is 31.0 Å². The number of hydrogen-bond donors (Lipinski definition) is 0. The number of hydrogen-bond acceptors (Lipinski definition) is 2. The molecule has 2 unspecified atom stereocenters. The Morgan fingerprint density at radius 1 is 1.04 bits per heavy atom. The molecular formula is C19H27ClN2O. The van der Waals surface area contributed by atoms with Gasteiger partial charge in [-0.15, -0.1) is 0 Å². The van der Waals surface area contributed by atoms with Crippen molar-refractivity contribution in [3.63, 3.8) is 0 Å². The van der Waals surface area contributed by atoms with Crippen molar-refractivity contribution < 1.29 is 4.79 Å². The summed E-state index contributed by atoms with van der Waals surface area (Å²) in [4.78, 5) is 17.2. The van der Waals surface area contributed by atoms with Crippen molar-refractivity contribution in [2.75, 3.05) is 21.1 Å². The number of carbonyl (C=O) groups is 1. The van der Waals surface area contributed by atoms with E-state index in [1.54, 1.807) is 6.07 Å². The average Bonchev–Trinajstić information content (AvgIpc) is 3.04. The van der Waals surface area contributed by atoms with Crippen molar-refractivity contribution in [2.45, 2.75) is 44.7 Å². The summed E-state index contributed by atoms with van der Waals surface area (Å²) in [5, 5.41) is 0.687. The van der Waals surface area contributed by atoms with Gasteiger partial charge in [-0.05, 0) is 82.3 Å². The first-order valence-corrected chi connectivity index (χ1v) is 8.94. The average molecular weight is 335 g/mol. The van der Waals surface area contributed by atoms with E-state index >= 15 is 0 Å². The molecule has 0 heterocycles. The molecule has 23 heavy (non-hydrogen) atoms. The molecule has 1 aromatic carbocycles. The Morgan fingerprint density at radius 2 is 1.61 bits per heavy atom. The van der Waals surface area contributed by atoms with E-state index in [0.29, 0.717) is 11.1 Å². The number of amides is 1. The number of carbonyl (C=O) groups excluding carboxylic acids is 1. The number of aryl methyl sites for hydroxylation is 1. The molecule has 1 amide bonds. The minimum atomic E-state index is 0.133. The summed E-state index contributed by atoms with van der Waals surface area (Å²) >= 11 is 6.00. The Hall–Kier alpha value is -1.06. The fourth-order valence-corrected chi connectivity index (χ4v) is 4.74. The van der Waals surface area contributed by atoms with Gasteiger partial charge in [-0.25, -0.2) is 0 Å². The maximum Gasteiger partial charge on any atom is 0.254 e. The number of fused-ring (bicyclic) bond motifs is 1. The van der Waals surface area contributed by atoms with Gasteiger partial charge in [-0.2, -0.15) is 0 Å². The van der Waals surface area contributed by atoms with Gasteiger partial charge in [0.15, 0.2) is 0 Å². The van der Waals surface area contributed by atoms with E-state index in [-0.39, 0.29) is 5.91 Å². The molecular weight excluding hydrogens is 308 g/mol. The van der Waals surface area contributed by atoms with Crippen LogP contribution in [0, 0.1) is 18.8 Å². The van der Waals surface area contributed by atoms with Gasteiger partial charge in [0, 0.05) is 29.7 Å². The van der Waals surface area contributed by atoms with Crippen molar-refractivity contribution in [2.24, 2.45) is 11.8 Å². The summed E-state index contributed by atoms with van der Waals surface area (Å²) in [5.41, 5.74) is 1.74. The first-order chi connectivity index (χ1) is 10.9. The monoisotopic (exact) mass is 334 g/mol. The Labute approximate surface area is 144 Å². The van der Waals surface area contributed by atoms with Crippen LogP contribution in [0.1, 0.15) is 41.6 Å². The van der Waals surface area contributed by atoms with Crippen LogP contribution in [0.15, 0.2) is 18.2 Å². The SMILES string of the molecule is Cc1cc(Cl)ccc1C(=O)N(C)C1C[C@H]2CC(N(C)C)C[C@H]2C1. The molecule has 4 atom stereocenters. The summed E-state index contributed by atoms with van der Waals surface area (Å²) in [5.74, 6) is 1.70. The van der Waals surface area contributed by atoms with E-state index in [2.05, 4.69) is 19.0 Å². The topological polar surface area (TPSA) is 23.6 Å². The van der Waals surface area contributed by atoms with Gasteiger partial charge in [-0.1, -0.05) is 11.6 Å². The van der Waals surface area contributed by atoms with Gasteiger partial charge in [0.05, 0.1) is 0 Å². The second kappa shape index (κ2) is 6.45. The van der Waals surface area contributed by atoms with E-state index < -0.39 is 0 Å². The lowest BCUT2D eigenvalue weighted by Gasteiger charge is -2.27. The fourth-order valence-electron chi connectivity index (χ4n) is 4.51. The first-order valence-electron chi connectivity index (χ1n) is 8.56. The Morgan fingerprint density at radius 3 is 2.13 bits per heavy atom. The van der Waals surface area contributed by atoms with Crippen molar-refractivity contribution in [1.82, 2.24) is 9.80 Å². The molecule has 0 aromatic heterocycles. The van der Waals surface area contributed by atoms with Crippen LogP contribution in [-0.4, -0.2) is 48.9 Å². The predicted octanol–water partition coefficient (Wildman–Crippen LogP) is 3.84. The Kier molecular flexibility index (Phi) is 4.70. The van der Waals surface area contributed by atoms with E-state index in [0.717, 1.165) is 41.8 Å². The Balaban J connectivity index is 1.66. The third-order valence-electron chi connectivity index (χ3n) is 5.98. The number of halogens is 1. The lowest BCUT2D eigenvalue weighted by Crippen LogP contribution is -2.36.